The summed E-state index contributed by atoms with van der Waals surface area (Å²) in [5.74, 6) is 1.10. The predicted molar refractivity (Wildman–Crippen MR) is 57.6 cm³/mol. The zero-order valence-electron chi connectivity index (χ0n) is 7.95. The quantitative estimate of drug-likeness (QED) is 0.693. The summed E-state index contributed by atoms with van der Waals surface area (Å²) in [7, 11) is 0. The lowest BCUT2D eigenvalue weighted by Crippen LogP contribution is -2.01. The summed E-state index contributed by atoms with van der Waals surface area (Å²) in [6, 6.07) is 7.88. The van der Waals surface area contributed by atoms with E-state index in [0.29, 0.717) is 18.3 Å². The van der Waals surface area contributed by atoms with Crippen LogP contribution in [-0.2, 0) is 4.79 Å². The number of hydrogen-bond donors (Lipinski definition) is 0. The van der Waals surface area contributed by atoms with Crippen molar-refractivity contribution in [2.45, 2.75) is 25.2 Å². The number of hydrogen-bond acceptors (Lipinski definition) is 1. The fraction of sp³-hybridized carbons (Fsp3) is 0.417. The highest BCUT2D eigenvalue weighted by molar-refractivity contribution is 6.30. The van der Waals surface area contributed by atoms with Crippen molar-refractivity contribution in [1.29, 1.82) is 0 Å². The highest BCUT2D eigenvalue weighted by Gasteiger charge is 2.31. The van der Waals surface area contributed by atoms with Crippen molar-refractivity contribution in [2.75, 3.05) is 0 Å². The minimum absolute atomic E-state index is 0.395. The lowest BCUT2D eigenvalue weighted by atomic mass is 9.92. The monoisotopic (exact) mass is 208 g/mol. The largest absolute Gasteiger partial charge is 0.303 e. The second-order valence-electron chi connectivity index (χ2n) is 3.90. The van der Waals surface area contributed by atoms with Gasteiger partial charge in [-0.05, 0) is 42.4 Å². The van der Waals surface area contributed by atoms with Gasteiger partial charge in [-0.3, -0.25) is 0 Å². The third kappa shape index (κ3) is 2.16. The van der Waals surface area contributed by atoms with Gasteiger partial charge in [0.25, 0.3) is 0 Å². The summed E-state index contributed by atoms with van der Waals surface area (Å²) in [5.41, 5.74) is 1.21. The van der Waals surface area contributed by atoms with E-state index in [4.69, 9.17) is 11.6 Å². The molecule has 0 amide bonds. The number of carbonyl (C=O) groups excluding carboxylic acids is 1. The van der Waals surface area contributed by atoms with Gasteiger partial charge in [-0.1, -0.05) is 23.7 Å². The molecule has 1 aromatic carbocycles. The minimum Gasteiger partial charge on any atom is -0.303 e. The van der Waals surface area contributed by atoms with Crippen molar-refractivity contribution < 1.29 is 4.79 Å². The smallest absolute Gasteiger partial charge is 0.120 e. The number of halogens is 1. The lowest BCUT2D eigenvalue weighted by molar-refractivity contribution is -0.108. The molecule has 0 aromatic heterocycles. The van der Waals surface area contributed by atoms with E-state index < -0.39 is 0 Å². The molecule has 1 atom stereocenters. The summed E-state index contributed by atoms with van der Waals surface area (Å²) in [6.07, 6.45) is 4.16. The van der Waals surface area contributed by atoms with Crippen molar-refractivity contribution in [2.24, 2.45) is 5.92 Å². The topological polar surface area (TPSA) is 17.1 Å². The Bertz CT molecular complexity index is 331. The molecule has 1 aliphatic rings. The fourth-order valence-corrected chi connectivity index (χ4v) is 2.14. The van der Waals surface area contributed by atoms with Gasteiger partial charge in [-0.15, -0.1) is 0 Å². The standard InChI is InChI=1S/C12H13ClO/c13-11-3-1-2-10(8-11)12(6-7-14)9-4-5-9/h1-3,7-9,12H,4-6H2. The van der Waals surface area contributed by atoms with E-state index in [1.54, 1.807) is 0 Å². The highest BCUT2D eigenvalue weighted by Crippen LogP contribution is 2.44. The molecule has 1 aliphatic carbocycles. The Balaban J connectivity index is 2.20. The summed E-state index contributed by atoms with van der Waals surface area (Å²) >= 11 is 5.93. The lowest BCUT2D eigenvalue weighted by Gasteiger charge is -2.13. The molecule has 74 valence electrons. The second-order valence-corrected chi connectivity index (χ2v) is 4.34. The molecule has 0 radical (unpaired) electrons. The first-order valence-corrected chi connectivity index (χ1v) is 5.38. The van der Waals surface area contributed by atoms with Gasteiger partial charge < -0.3 is 4.79 Å². The summed E-state index contributed by atoms with van der Waals surface area (Å²) < 4.78 is 0. The molecule has 1 aromatic rings. The van der Waals surface area contributed by atoms with Crippen molar-refractivity contribution >= 4 is 17.9 Å². The van der Waals surface area contributed by atoms with E-state index in [-0.39, 0.29) is 0 Å². The third-order valence-corrected chi connectivity index (χ3v) is 3.05. The molecule has 14 heavy (non-hydrogen) atoms. The number of benzene rings is 1. The van der Waals surface area contributed by atoms with Crippen LogP contribution in [0.25, 0.3) is 0 Å². The molecule has 1 nitrogen and oxygen atoms in total. The molecule has 1 fully saturated rings. The van der Waals surface area contributed by atoms with Crippen LogP contribution in [0.3, 0.4) is 0 Å². The first-order valence-electron chi connectivity index (χ1n) is 5.00. The molecule has 1 saturated carbocycles. The van der Waals surface area contributed by atoms with Crippen LogP contribution in [0.15, 0.2) is 24.3 Å². The van der Waals surface area contributed by atoms with Crippen LogP contribution in [0.1, 0.15) is 30.7 Å². The van der Waals surface area contributed by atoms with Gasteiger partial charge in [0.15, 0.2) is 0 Å². The Kier molecular flexibility index (Phi) is 2.87. The molecule has 0 N–H and O–H groups in total. The van der Waals surface area contributed by atoms with E-state index in [1.165, 1.54) is 18.4 Å². The van der Waals surface area contributed by atoms with Crippen LogP contribution in [0.2, 0.25) is 5.02 Å². The number of carbonyl (C=O) groups is 1. The maximum Gasteiger partial charge on any atom is 0.120 e. The van der Waals surface area contributed by atoms with Gasteiger partial charge >= 0.3 is 0 Å². The minimum atomic E-state index is 0.395. The molecule has 0 saturated heterocycles. The molecule has 2 rings (SSSR count). The normalized spacial score (nSPS) is 17.8. The summed E-state index contributed by atoms with van der Waals surface area (Å²) in [5, 5.41) is 0.763. The zero-order chi connectivity index (χ0) is 9.97. The molecule has 0 aliphatic heterocycles. The molecule has 0 spiro atoms. The second kappa shape index (κ2) is 4.14. The van der Waals surface area contributed by atoms with Crippen molar-refractivity contribution in [3.8, 4) is 0 Å². The number of aldehydes is 1. The van der Waals surface area contributed by atoms with Crippen molar-refractivity contribution in [1.82, 2.24) is 0 Å². The van der Waals surface area contributed by atoms with Gasteiger partial charge in [0.05, 0.1) is 0 Å². The van der Waals surface area contributed by atoms with Gasteiger partial charge in [0.1, 0.15) is 6.29 Å². The molecule has 0 heterocycles. The molecular formula is C12H13ClO. The van der Waals surface area contributed by atoms with Crippen molar-refractivity contribution in [3.05, 3.63) is 34.9 Å². The van der Waals surface area contributed by atoms with Gasteiger partial charge in [0, 0.05) is 11.4 Å². The average molecular weight is 209 g/mol. The Hall–Kier alpha value is -0.820. The van der Waals surface area contributed by atoms with Crippen LogP contribution < -0.4 is 0 Å². The summed E-state index contributed by atoms with van der Waals surface area (Å²) in [6.45, 7) is 0. The molecular weight excluding hydrogens is 196 g/mol. The molecule has 0 bridgehead atoms. The van der Waals surface area contributed by atoms with Gasteiger partial charge in [-0.25, -0.2) is 0 Å². The Morgan fingerprint density at radius 2 is 2.29 bits per heavy atom. The van der Waals surface area contributed by atoms with Crippen LogP contribution in [0.5, 0.6) is 0 Å². The van der Waals surface area contributed by atoms with Crippen LogP contribution in [-0.4, -0.2) is 6.29 Å². The zero-order valence-corrected chi connectivity index (χ0v) is 8.70. The molecule has 1 unspecified atom stereocenters. The van der Waals surface area contributed by atoms with Gasteiger partial charge in [0.2, 0.25) is 0 Å². The first-order chi connectivity index (χ1) is 6.81. The van der Waals surface area contributed by atoms with Crippen LogP contribution >= 0.6 is 11.6 Å². The van der Waals surface area contributed by atoms with E-state index >= 15 is 0 Å². The Morgan fingerprint density at radius 3 is 2.86 bits per heavy atom. The van der Waals surface area contributed by atoms with Crippen LogP contribution in [0, 0.1) is 5.92 Å². The predicted octanol–water partition coefficient (Wildman–Crippen LogP) is 3.42. The average Bonchev–Trinajstić information content (AvgIpc) is 2.97. The number of rotatable bonds is 4. The Labute approximate surface area is 89.1 Å². The molecule has 2 heteroatoms. The highest BCUT2D eigenvalue weighted by atomic mass is 35.5. The van der Waals surface area contributed by atoms with Gasteiger partial charge in [-0.2, -0.15) is 0 Å². The first kappa shape index (κ1) is 9.72. The van der Waals surface area contributed by atoms with E-state index in [1.807, 2.05) is 18.2 Å². The van der Waals surface area contributed by atoms with E-state index in [2.05, 4.69) is 6.07 Å². The fourth-order valence-electron chi connectivity index (χ4n) is 1.94. The van der Waals surface area contributed by atoms with E-state index in [0.717, 1.165) is 11.3 Å². The van der Waals surface area contributed by atoms with Crippen molar-refractivity contribution in [3.63, 3.8) is 0 Å². The Morgan fingerprint density at radius 1 is 1.50 bits per heavy atom. The van der Waals surface area contributed by atoms with E-state index in [9.17, 15) is 4.79 Å². The van der Waals surface area contributed by atoms with Crippen LogP contribution in [0.4, 0.5) is 0 Å². The third-order valence-electron chi connectivity index (χ3n) is 2.82. The maximum atomic E-state index is 10.6. The maximum absolute atomic E-state index is 10.6. The SMILES string of the molecule is O=CCC(c1cccc(Cl)c1)C1CC1. The summed E-state index contributed by atoms with van der Waals surface area (Å²) in [4.78, 5) is 10.6.